The third-order valence-electron chi connectivity index (χ3n) is 3.14. The molecule has 0 radical (unpaired) electrons. The minimum atomic E-state index is -4.62. The van der Waals surface area contributed by atoms with Crippen LogP contribution in [0.25, 0.3) is 0 Å². The molecule has 5 heteroatoms. The first kappa shape index (κ1) is 12.8. The maximum atomic E-state index is 12.4. The zero-order chi connectivity index (χ0) is 11.7. The van der Waals surface area contributed by atoms with Gasteiger partial charge in [0.05, 0.1) is 6.10 Å². The maximum absolute atomic E-state index is 12.4. The number of aliphatic hydroxyl groups is 2. The monoisotopic (exact) mass is 226 g/mol. The molecule has 1 aliphatic rings. The van der Waals surface area contributed by atoms with Crippen molar-refractivity contribution in [2.75, 3.05) is 0 Å². The molecule has 3 atom stereocenters. The Morgan fingerprint density at radius 2 is 1.73 bits per heavy atom. The number of hydrogen-bond acceptors (Lipinski definition) is 2. The summed E-state index contributed by atoms with van der Waals surface area (Å²) in [5.41, 5.74) is -2.68. The zero-order valence-corrected chi connectivity index (χ0v) is 8.72. The van der Waals surface area contributed by atoms with Crippen LogP contribution in [0.1, 0.15) is 39.0 Å². The van der Waals surface area contributed by atoms with Gasteiger partial charge in [0, 0.05) is 0 Å². The lowest BCUT2D eigenvalue weighted by Crippen LogP contribution is -2.45. The van der Waals surface area contributed by atoms with E-state index in [9.17, 15) is 23.4 Å². The highest BCUT2D eigenvalue weighted by atomic mass is 19.4. The molecule has 0 bridgehead atoms. The molecule has 0 spiro atoms. The summed E-state index contributed by atoms with van der Waals surface area (Å²) in [7, 11) is 0. The van der Waals surface area contributed by atoms with E-state index < -0.39 is 30.2 Å². The van der Waals surface area contributed by atoms with Crippen molar-refractivity contribution in [3.8, 4) is 0 Å². The van der Waals surface area contributed by atoms with Crippen LogP contribution in [0, 0.1) is 5.92 Å². The van der Waals surface area contributed by atoms with Crippen LogP contribution in [-0.4, -0.2) is 28.1 Å². The van der Waals surface area contributed by atoms with Gasteiger partial charge in [-0.15, -0.1) is 0 Å². The van der Waals surface area contributed by atoms with E-state index in [1.54, 1.807) is 0 Å². The van der Waals surface area contributed by atoms with Crippen LogP contribution < -0.4 is 0 Å². The molecule has 0 heterocycles. The van der Waals surface area contributed by atoms with Crippen molar-refractivity contribution in [2.24, 2.45) is 5.92 Å². The molecule has 0 amide bonds. The smallest absolute Gasteiger partial charge is 0.393 e. The normalized spacial score (nSPS) is 32.4. The summed E-state index contributed by atoms with van der Waals surface area (Å²) in [6, 6.07) is 0. The van der Waals surface area contributed by atoms with Gasteiger partial charge in [-0.25, -0.2) is 0 Å². The molecule has 3 unspecified atom stereocenters. The molecule has 0 saturated heterocycles. The van der Waals surface area contributed by atoms with Crippen molar-refractivity contribution in [3.63, 3.8) is 0 Å². The average Bonchev–Trinajstić information content (AvgIpc) is 2.06. The first-order valence-electron chi connectivity index (χ1n) is 5.21. The molecular formula is C10H17F3O2. The maximum Gasteiger partial charge on any atom is 0.416 e. The molecule has 2 nitrogen and oxygen atoms in total. The quantitative estimate of drug-likeness (QED) is 0.758. The SMILES string of the molecule is CC(O)(CC1CCCCC1O)C(F)(F)F. The molecule has 1 aliphatic carbocycles. The molecule has 2 N–H and O–H groups in total. The van der Waals surface area contributed by atoms with Crippen molar-refractivity contribution < 1.29 is 23.4 Å². The molecular weight excluding hydrogens is 209 g/mol. The van der Waals surface area contributed by atoms with Gasteiger partial charge in [-0.1, -0.05) is 12.8 Å². The Kier molecular flexibility index (Phi) is 3.66. The van der Waals surface area contributed by atoms with E-state index in [2.05, 4.69) is 0 Å². The Morgan fingerprint density at radius 1 is 1.20 bits per heavy atom. The number of rotatable bonds is 2. The third-order valence-corrected chi connectivity index (χ3v) is 3.14. The lowest BCUT2D eigenvalue weighted by atomic mass is 9.79. The standard InChI is InChI=1S/C10H17F3O2/c1-9(15,10(11,12)13)6-7-4-2-3-5-8(7)14/h7-8,14-15H,2-6H2,1H3. The minimum absolute atomic E-state index is 0.405. The van der Waals surface area contributed by atoms with Crippen LogP contribution in [-0.2, 0) is 0 Å². The molecule has 0 aromatic rings. The molecule has 1 saturated carbocycles. The highest BCUT2D eigenvalue weighted by molar-refractivity contribution is 4.87. The first-order chi connectivity index (χ1) is 6.74. The Morgan fingerprint density at radius 3 is 2.20 bits per heavy atom. The second-order valence-electron chi connectivity index (χ2n) is 4.59. The van der Waals surface area contributed by atoms with Crippen molar-refractivity contribution in [2.45, 2.75) is 56.9 Å². The van der Waals surface area contributed by atoms with Gasteiger partial charge in [-0.2, -0.15) is 13.2 Å². The van der Waals surface area contributed by atoms with Gasteiger partial charge in [-0.3, -0.25) is 0 Å². The van der Waals surface area contributed by atoms with E-state index in [1.165, 1.54) is 0 Å². The molecule has 0 aliphatic heterocycles. The third kappa shape index (κ3) is 3.08. The van der Waals surface area contributed by atoms with Crippen molar-refractivity contribution >= 4 is 0 Å². The van der Waals surface area contributed by atoms with Crippen LogP contribution in [0.15, 0.2) is 0 Å². The molecule has 90 valence electrons. The summed E-state index contributed by atoms with van der Waals surface area (Å²) in [5, 5.41) is 18.8. The van der Waals surface area contributed by atoms with Gasteiger partial charge < -0.3 is 10.2 Å². The predicted molar refractivity (Wildman–Crippen MR) is 49.3 cm³/mol. The fourth-order valence-corrected chi connectivity index (χ4v) is 2.05. The molecule has 1 fully saturated rings. The zero-order valence-electron chi connectivity index (χ0n) is 8.72. The van der Waals surface area contributed by atoms with Crippen LogP contribution in [0.5, 0.6) is 0 Å². The van der Waals surface area contributed by atoms with E-state index in [4.69, 9.17) is 0 Å². The van der Waals surface area contributed by atoms with Gasteiger partial charge in [0.1, 0.15) is 0 Å². The predicted octanol–water partition coefficient (Wildman–Crippen LogP) is 2.24. The summed E-state index contributed by atoms with van der Waals surface area (Å²) in [4.78, 5) is 0. The van der Waals surface area contributed by atoms with Crippen molar-refractivity contribution in [3.05, 3.63) is 0 Å². The largest absolute Gasteiger partial charge is 0.416 e. The Labute approximate surface area is 87.1 Å². The van der Waals surface area contributed by atoms with Gasteiger partial charge >= 0.3 is 6.18 Å². The second-order valence-corrected chi connectivity index (χ2v) is 4.59. The molecule has 0 aromatic heterocycles. The van der Waals surface area contributed by atoms with E-state index in [0.29, 0.717) is 12.8 Å². The number of alkyl halides is 3. The highest BCUT2D eigenvalue weighted by Gasteiger charge is 2.51. The van der Waals surface area contributed by atoms with E-state index in [-0.39, 0.29) is 0 Å². The summed E-state index contributed by atoms with van der Waals surface area (Å²) in [5.74, 6) is -0.435. The summed E-state index contributed by atoms with van der Waals surface area (Å²) < 4.78 is 37.2. The number of hydrogen-bond donors (Lipinski definition) is 2. The lowest BCUT2D eigenvalue weighted by Gasteiger charge is -2.34. The highest BCUT2D eigenvalue weighted by Crippen LogP contribution is 2.39. The second kappa shape index (κ2) is 4.29. The van der Waals surface area contributed by atoms with Crippen molar-refractivity contribution in [1.29, 1.82) is 0 Å². The van der Waals surface area contributed by atoms with Gasteiger partial charge in [0.15, 0.2) is 5.60 Å². The molecule has 1 rings (SSSR count). The van der Waals surface area contributed by atoms with E-state index >= 15 is 0 Å². The van der Waals surface area contributed by atoms with Crippen LogP contribution in [0.4, 0.5) is 13.2 Å². The van der Waals surface area contributed by atoms with Crippen molar-refractivity contribution in [1.82, 2.24) is 0 Å². The summed E-state index contributed by atoms with van der Waals surface area (Å²) in [6.07, 6.45) is -2.94. The minimum Gasteiger partial charge on any atom is -0.393 e. The number of halogens is 3. The van der Waals surface area contributed by atoms with E-state index in [0.717, 1.165) is 19.8 Å². The average molecular weight is 226 g/mol. The van der Waals surface area contributed by atoms with Crippen LogP contribution in [0.3, 0.4) is 0 Å². The Balaban J connectivity index is 2.59. The Bertz CT molecular complexity index is 213. The topological polar surface area (TPSA) is 40.5 Å². The van der Waals surface area contributed by atoms with Gasteiger partial charge in [0.25, 0.3) is 0 Å². The first-order valence-corrected chi connectivity index (χ1v) is 5.21. The fraction of sp³-hybridized carbons (Fsp3) is 1.00. The van der Waals surface area contributed by atoms with Gasteiger partial charge in [-0.05, 0) is 32.1 Å². The summed E-state index contributed by atoms with van der Waals surface area (Å²) in [6.45, 7) is 0.772. The van der Waals surface area contributed by atoms with Crippen LogP contribution in [0.2, 0.25) is 0 Å². The lowest BCUT2D eigenvalue weighted by molar-refractivity contribution is -0.261. The summed E-state index contributed by atoms with van der Waals surface area (Å²) >= 11 is 0. The number of aliphatic hydroxyl groups excluding tert-OH is 1. The van der Waals surface area contributed by atoms with Gasteiger partial charge in [0.2, 0.25) is 0 Å². The molecule has 15 heavy (non-hydrogen) atoms. The molecule has 0 aromatic carbocycles. The van der Waals surface area contributed by atoms with Crippen LogP contribution >= 0.6 is 0 Å². The Hall–Kier alpha value is -0.290. The van der Waals surface area contributed by atoms with E-state index in [1.807, 2.05) is 0 Å². The fourth-order valence-electron chi connectivity index (χ4n) is 2.05.